The monoisotopic (exact) mass is 302 g/mol. The molecule has 0 atom stereocenters. The number of nitrogens with one attached hydrogen (secondary N) is 1. The Morgan fingerprint density at radius 3 is 2.68 bits per heavy atom. The lowest BCUT2D eigenvalue weighted by molar-refractivity contribution is 0.285. The molecule has 2 aromatic heterocycles. The third-order valence-corrected chi connectivity index (χ3v) is 5.51. The molecule has 0 aliphatic heterocycles. The van der Waals surface area contributed by atoms with E-state index in [1.54, 1.807) is 19.9 Å². The maximum atomic E-state index is 12.0. The van der Waals surface area contributed by atoms with Gasteiger partial charge in [-0.1, -0.05) is 0 Å². The molecule has 0 aliphatic carbocycles. The first kappa shape index (κ1) is 14.2. The number of hydrogen-bond donors (Lipinski definition) is 2. The average Bonchev–Trinajstić information content (AvgIpc) is 2.95. The van der Waals surface area contributed by atoms with E-state index in [2.05, 4.69) is 9.71 Å². The molecule has 104 valence electrons. The number of aliphatic hydroxyl groups excluding tert-OH is 1. The molecule has 2 N–H and O–H groups in total. The zero-order valence-electron chi connectivity index (χ0n) is 10.5. The van der Waals surface area contributed by atoms with Crippen LogP contribution >= 0.6 is 11.3 Å². The van der Waals surface area contributed by atoms with Crippen LogP contribution in [0.5, 0.6) is 0 Å². The van der Waals surface area contributed by atoms with Crippen molar-refractivity contribution >= 4 is 21.4 Å². The number of aliphatic hydroxyl groups is 1. The van der Waals surface area contributed by atoms with E-state index in [0.717, 1.165) is 17.0 Å². The third-order valence-electron chi connectivity index (χ3n) is 2.54. The number of sulfonamides is 1. The molecule has 0 amide bonds. The maximum Gasteiger partial charge on any atom is 0.250 e. The Kier molecular flexibility index (Phi) is 4.04. The highest BCUT2D eigenvalue weighted by atomic mass is 32.2. The number of aromatic nitrogens is 1. The number of hydrogen-bond acceptors (Lipinski definition) is 6. The van der Waals surface area contributed by atoms with Crippen LogP contribution in [-0.4, -0.2) is 18.5 Å². The number of oxazole rings is 1. The molecule has 0 fully saturated rings. The maximum absolute atomic E-state index is 12.0. The molecule has 0 radical (unpaired) electrons. The first-order valence-corrected chi connectivity index (χ1v) is 7.84. The van der Waals surface area contributed by atoms with Crippen LogP contribution in [0.25, 0.3) is 0 Å². The Morgan fingerprint density at radius 2 is 2.16 bits per heavy atom. The highest BCUT2D eigenvalue weighted by Gasteiger charge is 2.17. The van der Waals surface area contributed by atoms with Gasteiger partial charge < -0.3 is 9.52 Å². The van der Waals surface area contributed by atoms with Crippen LogP contribution in [0.15, 0.2) is 20.8 Å². The number of rotatable bonds is 5. The lowest BCUT2D eigenvalue weighted by atomic mass is 10.4. The summed E-state index contributed by atoms with van der Waals surface area (Å²) in [7, 11) is -3.59. The lowest BCUT2D eigenvalue weighted by Gasteiger charge is -2.01. The Morgan fingerprint density at radius 1 is 1.42 bits per heavy atom. The average molecular weight is 302 g/mol. The van der Waals surface area contributed by atoms with Crippen molar-refractivity contribution in [3.05, 3.63) is 34.4 Å². The smallest absolute Gasteiger partial charge is 0.250 e. The van der Waals surface area contributed by atoms with Gasteiger partial charge in [0.15, 0.2) is 0 Å². The van der Waals surface area contributed by atoms with Crippen LogP contribution in [0.3, 0.4) is 0 Å². The summed E-state index contributed by atoms with van der Waals surface area (Å²) in [6.07, 6.45) is 0. The molecule has 0 aromatic carbocycles. The minimum atomic E-state index is -3.59. The van der Waals surface area contributed by atoms with Gasteiger partial charge in [-0.2, -0.15) is 0 Å². The second kappa shape index (κ2) is 5.41. The van der Waals surface area contributed by atoms with Crippen molar-refractivity contribution in [1.82, 2.24) is 9.71 Å². The fourth-order valence-electron chi connectivity index (χ4n) is 1.43. The highest BCUT2D eigenvalue weighted by molar-refractivity contribution is 7.91. The van der Waals surface area contributed by atoms with Crippen LogP contribution < -0.4 is 4.72 Å². The summed E-state index contributed by atoms with van der Waals surface area (Å²) < 4.78 is 31.8. The van der Waals surface area contributed by atoms with Crippen molar-refractivity contribution in [2.24, 2.45) is 0 Å². The van der Waals surface area contributed by atoms with Crippen molar-refractivity contribution < 1.29 is 17.9 Å². The van der Waals surface area contributed by atoms with E-state index < -0.39 is 10.0 Å². The van der Waals surface area contributed by atoms with Crippen molar-refractivity contribution in [2.45, 2.75) is 31.2 Å². The molecule has 19 heavy (non-hydrogen) atoms. The van der Waals surface area contributed by atoms with Crippen molar-refractivity contribution in [1.29, 1.82) is 0 Å². The quantitative estimate of drug-likeness (QED) is 0.869. The Bertz CT molecular complexity index is 653. The molecule has 2 heterocycles. The highest BCUT2D eigenvalue weighted by Crippen LogP contribution is 2.21. The lowest BCUT2D eigenvalue weighted by Crippen LogP contribution is -2.22. The van der Waals surface area contributed by atoms with Gasteiger partial charge in [0.2, 0.25) is 5.89 Å². The van der Waals surface area contributed by atoms with E-state index in [0.29, 0.717) is 16.5 Å². The summed E-state index contributed by atoms with van der Waals surface area (Å²) in [5.74, 6) is 1.01. The van der Waals surface area contributed by atoms with Crippen LogP contribution in [0.2, 0.25) is 0 Å². The second-order valence-electron chi connectivity index (χ2n) is 3.95. The molecule has 8 heteroatoms. The topological polar surface area (TPSA) is 92.4 Å². The largest absolute Gasteiger partial charge is 0.444 e. The summed E-state index contributed by atoms with van der Waals surface area (Å²) in [6.45, 7) is 3.40. The van der Waals surface area contributed by atoms with Crippen molar-refractivity contribution in [2.75, 3.05) is 0 Å². The third kappa shape index (κ3) is 3.21. The summed E-state index contributed by atoms with van der Waals surface area (Å²) in [6, 6.07) is 3.04. The fourth-order valence-corrected chi connectivity index (χ4v) is 3.67. The Balaban J connectivity index is 2.09. The van der Waals surface area contributed by atoms with Crippen LogP contribution in [0.1, 0.15) is 22.2 Å². The van der Waals surface area contributed by atoms with E-state index in [9.17, 15) is 8.42 Å². The zero-order valence-corrected chi connectivity index (χ0v) is 12.1. The molecule has 2 aromatic rings. The normalized spacial score (nSPS) is 11.9. The van der Waals surface area contributed by atoms with Crippen LogP contribution in [0.4, 0.5) is 0 Å². The molecule has 2 rings (SSSR count). The van der Waals surface area contributed by atoms with Gasteiger partial charge in [-0.25, -0.2) is 18.1 Å². The van der Waals surface area contributed by atoms with Crippen LogP contribution in [-0.2, 0) is 23.2 Å². The summed E-state index contributed by atoms with van der Waals surface area (Å²) in [4.78, 5) is 4.70. The van der Waals surface area contributed by atoms with E-state index in [1.807, 2.05) is 0 Å². The summed E-state index contributed by atoms with van der Waals surface area (Å²) >= 11 is 1.03. The Hall–Kier alpha value is -1.22. The molecule has 6 nitrogen and oxygen atoms in total. The van der Waals surface area contributed by atoms with Crippen LogP contribution in [0, 0.1) is 13.8 Å². The molecular weight excluding hydrogens is 288 g/mol. The standard InChI is InChI=1S/C11H14N2O4S2/c1-7-8(2)17-10(13-7)5-12-19(15,16)11-4-3-9(6-14)18-11/h3-4,12,14H,5-6H2,1-2H3. The van der Waals surface area contributed by atoms with Gasteiger partial charge in [0.25, 0.3) is 10.0 Å². The van der Waals surface area contributed by atoms with E-state index >= 15 is 0 Å². The Labute approximate surface area is 115 Å². The zero-order chi connectivity index (χ0) is 14.0. The summed E-state index contributed by atoms with van der Waals surface area (Å²) in [5.41, 5.74) is 0.743. The van der Waals surface area contributed by atoms with E-state index in [-0.39, 0.29) is 17.4 Å². The van der Waals surface area contributed by atoms with Crippen molar-refractivity contribution in [3.8, 4) is 0 Å². The predicted octanol–water partition coefficient (Wildman–Crippen LogP) is 1.32. The molecule has 0 spiro atoms. The first-order valence-electron chi connectivity index (χ1n) is 5.54. The van der Waals surface area contributed by atoms with Gasteiger partial charge in [-0.3, -0.25) is 0 Å². The SMILES string of the molecule is Cc1nc(CNS(=O)(=O)c2ccc(CO)s2)oc1C. The second-order valence-corrected chi connectivity index (χ2v) is 7.11. The van der Waals surface area contributed by atoms with E-state index in [4.69, 9.17) is 9.52 Å². The first-order chi connectivity index (χ1) is 8.92. The van der Waals surface area contributed by atoms with Gasteiger partial charge >= 0.3 is 0 Å². The molecule has 0 bridgehead atoms. The minimum absolute atomic E-state index is 0.00334. The fraction of sp³-hybridized carbons (Fsp3) is 0.364. The number of nitrogens with zero attached hydrogens (tertiary/aromatic N) is 1. The molecule has 0 aliphatic rings. The van der Waals surface area contributed by atoms with Gasteiger partial charge in [-0.05, 0) is 26.0 Å². The molecular formula is C11H14N2O4S2. The van der Waals surface area contributed by atoms with Gasteiger partial charge in [0.05, 0.1) is 18.8 Å². The van der Waals surface area contributed by atoms with Gasteiger partial charge in [0.1, 0.15) is 9.97 Å². The number of aryl methyl sites for hydroxylation is 2. The van der Waals surface area contributed by atoms with Gasteiger partial charge in [-0.15, -0.1) is 11.3 Å². The molecule has 0 unspecified atom stereocenters. The van der Waals surface area contributed by atoms with Gasteiger partial charge in [0, 0.05) is 4.88 Å². The number of thiophene rings is 1. The predicted molar refractivity (Wildman–Crippen MR) is 70.2 cm³/mol. The summed E-state index contributed by atoms with van der Waals surface area (Å²) in [5, 5.41) is 8.93. The molecule has 0 saturated carbocycles. The van der Waals surface area contributed by atoms with E-state index in [1.165, 1.54) is 6.07 Å². The van der Waals surface area contributed by atoms with Crippen molar-refractivity contribution in [3.63, 3.8) is 0 Å². The minimum Gasteiger partial charge on any atom is -0.444 e. The molecule has 0 saturated heterocycles.